The number of Topliss-reactive ketones (excluding diaryl/α,β-unsaturated/α-hetero) is 1. The van der Waals surface area contributed by atoms with Gasteiger partial charge >= 0.3 is 0 Å². The summed E-state index contributed by atoms with van der Waals surface area (Å²) in [5.41, 5.74) is -0.413. The molecule has 1 unspecified atom stereocenters. The number of carbonyl (C=O) groups excluding carboxylic acids is 1. The lowest BCUT2D eigenvalue weighted by Crippen LogP contribution is -2.38. The molecule has 1 aromatic carbocycles. The van der Waals surface area contributed by atoms with E-state index in [-0.39, 0.29) is 6.54 Å². The molecule has 1 aliphatic rings. The molecule has 0 amide bonds. The van der Waals surface area contributed by atoms with E-state index in [0.717, 1.165) is 44.7 Å². The number of benzene rings is 1. The third-order valence-electron chi connectivity index (χ3n) is 4.19. The van der Waals surface area contributed by atoms with Gasteiger partial charge in [0.05, 0.1) is 12.1 Å². The summed E-state index contributed by atoms with van der Waals surface area (Å²) in [7, 11) is 0. The van der Waals surface area contributed by atoms with E-state index in [1.54, 1.807) is 0 Å². The molecule has 0 spiro atoms. The Bertz CT molecular complexity index is 483. The lowest BCUT2D eigenvalue weighted by molar-refractivity contribution is 0.0931. The van der Waals surface area contributed by atoms with Gasteiger partial charge in [-0.15, -0.1) is 0 Å². The molecule has 116 valence electrons. The van der Waals surface area contributed by atoms with E-state index in [2.05, 4.69) is 18.7 Å². The third-order valence-corrected chi connectivity index (χ3v) is 4.19. The fourth-order valence-electron chi connectivity index (χ4n) is 3.04. The Labute approximate surface area is 124 Å². The normalized spacial score (nSPS) is 19.4. The van der Waals surface area contributed by atoms with Gasteiger partial charge in [0.25, 0.3) is 0 Å². The van der Waals surface area contributed by atoms with Gasteiger partial charge in [-0.1, -0.05) is 19.9 Å². The van der Waals surface area contributed by atoms with Crippen LogP contribution < -0.4 is 0 Å². The molecule has 21 heavy (non-hydrogen) atoms. The number of halogens is 2. The van der Waals surface area contributed by atoms with E-state index in [0.29, 0.717) is 6.04 Å². The molecule has 0 saturated carbocycles. The Hall–Kier alpha value is -1.33. The second-order valence-electron chi connectivity index (χ2n) is 5.42. The van der Waals surface area contributed by atoms with E-state index in [1.807, 2.05) is 4.90 Å². The third kappa shape index (κ3) is 3.66. The molecule has 1 atom stereocenters. The molecule has 0 aliphatic carbocycles. The maximum Gasteiger partial charge on any atom is 0.182 e. The number of hydrogen-bond acceptors (Lipinski definition) is 3. The molecule has 0 aromatic heterocycles. The van der Waals surface area contributed by atoms with E-state index in [4.69, 9.17) is 0 Å². The molecule has 0 N–H and O–H groups in total. The second-order valence-corrected chi connectivity index (χ2v) is 5.42. The Kier molecular flexibility index (Phi) is 5.42. The Morgan fingerprint density at radius 1 is 1.29 bits per heavy atom. The van der Waals surface area contributed by atoms with E-state index in [1.165, 1.54) is 6.07 Å². The van der Waals surface area contributed by atoms with Crippen molar-refractivity contribution in [3.8, 4) is 0 Å². The van der Waals surface area contributed by atoms with Crippen LogP contribution in [0.4, 0.5) is 8.78 Å². The minimum absolute atomic E-state index is 0.0790. The first-order chi connectivity index (χ1) is 10.1. The summed E-state index contributed by atoms with van der Waals surface area (Å²) in [5.74, 6) is -2.04. The van der Waals surface area contributed by atoms with Crippen LogP contribution in [0, 0.1) is 11.6 Å². The Balaban J connectivity index is 1.99. The lowest BCUT2D eigenvalue weighted by Gasteiger charge is -2.26. The lowest BCUT2D eigenvalue weighted by atomic mass is 10.1. The summed E-state index contributed by atoms with van der Waals surface area (Å²) in [6, 6.07) is 3.95. The van der Waals surface area contributed by atoms with Crippen LogP contribution in [0.3, 0.4) is 0 Å². The van der Waals surface area contributed by atoms with Crippen LogP contribution in [-0.2, 0) is 0 Å². The van der Waals surface area contributed by atoms with Crippen molar-refractivity contribution >= 4 is 5.78 Å². The van der Waals surface area contributed by atoms with Crippen molar-refractivity contribution in [2.45, 2.75) is 26.3 Å². The maximum absolute atomic E-state index is 13.6. The summed E-state index contributed by atoms with van der Waals surface area (Å²) in [5, 5.41) is 0. The summed E-state index contributed by atoms with van der Waals surface area (Å²) < 4.78 is 27.2. The molecule has 1 saturated heterocycles. The fourth-order valence-corrected chi connectivity index (χ4v) is 3.04. The number of nitrogens with zero attached hydrogens (tertiary/aromatic N) is 2. The van der Waals surface area contributed by atoms with E-state index < -0.39 is 23.0 Å². The molecule has 0 radical (unpaired) electrons. The zero-order valence-electron chi connectivity index (χ0n) is 12.6. The first-order valence-corrected chi connectivity index (χ1v) is 7.50. The zero-order valence-corrected chi connectivity index (χ0v) is 12.6. The van der Waals surface area contributed by atoms with E-state index in [9.17, 15) is 13.6 Å². The highest BCUT2D eigenvalue weighted by atomic mass is 19.1. The number of likely N-dealkylation sites (N-methyl/N-ethyl adjacent to an activating group) is 1. The van der Waals surface area contributed by atoms with Gasteiger partial charge in [-0.2, -0.15) is 0 Å². The number of likely N-dealkylation sites (tertiary alicyclic amines) is 1. The average Bonchev–Trinajstić information content (AvgIpc) is 2.88. The molecular formula is C16H22F2N2O. The molecule has 1 aromatic rings. The van der Waals surface area contributed by atoms with Crippen molar-refractivity contribution in [2.75, 3.05) is 32.7 Å². The van der Waals surface area contributed by atoms with Gasteiger partial charge in [0, 0.05) is 19.1 Å². The highest BCUT2D eigenvalue weighted by Gasteiger charge is 2.28. The second kappa shape index (κ2) is 7.09. The molecule has 2 rings (SSSR count). The van der Waals surface area contributed by atoms with Gasteiger partial charge in [-0.25, -0.2) is 8.78 Å². The molecule has 5 heteroatoms. The van der Waals surface area contributed by atoms with Crippen molar-refractivity contribution in [1.82, 2.24) is 9.80 Å². The van der Waals surface area contributed by atoms with Crippen molar-refractivity contribution < 1.29 is 13.6 Å². The quantitative estimate of drug-likeness (QED) is 0.754. The maximum atomic E-state index is 13.6. The minimum atomic E-state index is -0.778. The van der Waals surface area contributed by atoms with Crippen molar-refractivity contribution in [2.24, 2.45) is 0 Å². The van der Waals surface area contributed by atoms with Gasteiger partial charge in [-0.05, 0) is 31.6 Å². The number of hydrogen-bond donors (Lipinski definition) is 0. The van der Waals surface area contributed by atoms with Crippen LogP contribution in [0.1, 0.15) is 30.6 Å². The molecule has 1 fully saturated rings. The molecular weight excluding hydrogens is 274 g/mol. The van der Waals surface area contributed by atoms with Crippen LogP contribution in [0.25, 0.3) is 0 Å². The van der Waals surface area contributed by atoms with Gasteiger partial charge in [0.15, 0.2) is 5.78 Å². The number of ketones is 1. The monoisotopic (exact) mass is 296 g/mol. The highest BCUT2D eigenvalue weighted by molar-refractivity contribution is 5.98. The topological polar surface area (TPSA) is 23.6 Å². The van der Waals surface area contributed by atoms with Crippen molar-refractivity contribution in [3.05, 3.63) is 35.4 Å². The first-order valence-electron chi connectivity index (χ1n) is 7.50. The minimum Gasteiger partial charge on any atom is -0.300 e. The summed E-state index contributed by atoms with van der Waals surface area (Å²) >= 11 is 0. The first kappa shape index (κ1) is 16.0. The van der Waals surface area contributed by atoms with Gasteiger partial charge in [0.1, 0.15) is 11.6 Å². The standard InChI is InChI=1S/C16H22F2N2O/c1-3-20(4-2)12-8-9-19(10-12)11-15(21)16-13(17)6-5-7-14(16)18/h5-7,12H,3-4,8-11H2,1-2H3. The summed E-state index contributed by atoms with van der Waals surface area (Å²) in [6.45, 7) is 7.84. The summed E-state index contributed by atoms with van der Waals surface area (Å²) in [4.78, 5) is 16.5. The Morgan fingerprint density at radius 3 is 2.48 bits per heavy atom. The van der Waals surface area contributed by atoms with Crippen LogP contribution in [0.15, 0.2) is 18.2 Å². The largest absolute Gasteiger partial charge is 0.300 e. The predicted octanol–water partition coefficient (Wildman–Crippen LogP) is 2.56. The molecule has 0 bridgehead atoms. The zero-order chi connectivity index (χ0) is 15.4. The van der Waals surface area contributed by atoms with Gasteiger partial charge < -0.3 is 0 Å². The summed E-state index contributed by atoms with van der Waals surface area (Å²) in [6.07, 6.45) is 0.995. The average molecular weight is 296 g/mol. The van der Waals surface area contributed by atoms with Crippen LogP contribution >= 0.6 is 0 Å². The molecule has 1 aliphatic heterocycles. The van der Waals surface area contributed by atoms with Crippen molar-refractivity contribution in [1.29, 1.82) is 0 Å². The number of rotatable bonds is 6. The van der Waals surface area contributed by atoms with Crippen molar-refractivity contribution in [3.63, 3.8) is 0 Å². The molecule has 3 nitrogen and oxygen atoms in total. The van der Waals surface area contributed by atoms with Crippen LogP contribution in [0.2, 0.25) is 0 Å². The SMILES string of the molecule is CCN(CC)C1CCN(CC(=O)c2c(F)cccc2F)C1. The Morgan fingerprint density at radius 2 is 1.90 bits per heavy atom. The molecule has 1 heterocycles. The highest BCUT2D eigenvalue weighted by Crippen LogP contribution is 2.18. The van der Waals surface area contributed by atoms with E-state index >= 15 is 0 Å². The van der Waals surface area contributed by atoms with Gasteiger partial charge in [0.2, 0.25) is 0 Å². The van der Waals surface area contributed by atoms with Crippen LogP contribution in [0.5, 0.6) is 0 Å². The number of carbonyl (C=O) groups is 1. The fraction of sp³-hybridized carbons (Fsp3) is 0.562. The smallest absolute Gasteiger partial charge is 0.182 e. The predicted molar refractivity (Wildman–Crippen MR) is 78.5 cm³/mol. The van der Waals surface area contributed by atoms with Crippen LogP contribution in [-0.4, -0.2) is 54.3 Å². The van der Waals surface area contributed by atoms with Gasteiger partial charge in [-0.3, -0.25) is 14.6 Å².